The number of benzene rings is 1. The monoisotopic (exact) mass is 297 g/mol. The molecular formula is C17H28ClNO. The van der Waals surface area contributed by atoms with Gasteiger partial charge in [0.05, 0.1) is 7.11 Å². The molecule has 0 aliphatic heterocycles. The lowest BCUT2D eigenvalue weighted by Crippen LogP contribution is -2.24. The number of nitrogens with one attached hydrogen (secondary N) is 1. The molecule has 0 radical (unpaired) electrons. The minimum atomic E-state index is 0.321. The van der Waals surface area contributed by atoms with E-state index in [1.54, 1.807) is 7.11 Å². The Bertz CT molecular complexity index is 412. The van der Waals surface area contributed by atoms with Crippen molar-refractivity contribution in [3.05, 3.63) is 28.8 Å². The van der Waals surface area contributed by atoms with Gasteiger partial charge in [-0.2, -0.15) is 0 Å². The summed E-state index contributed by atoms with van der Waals surface area (Å²) in [5, 5.41) is 4.35. The normalized spacial score (nSPS) is 13.3. The summed E-state index contributed by atoms with van der Waals surface area (Å²) in [6.07, 6.45) is 3.39. The van der Waals surface area contributed by atoms with Gasteiger partial charge in [0.15, 0.2) is 0 Å². The number of ether oxygens (including phenoxy) is 1. The van der Waals surface area contributed by atoms with E-state index < -0.39 is 0 Å². The molecule has 1 aromatic carbocycles. The fourth-order valence-electron chi connectivity index (χ4n) is 2.24. The molecule has 1 atom stereocenters. The number of halogens is 1. The van der Waals surface area contributed by atoms with Crippen LogP contribution in [-0.4, -0.2) is 13.7 Å². The third kappa shape index (κ3) is 5.72. The van der Waals surface area contributed by atoms with Gasteiger partial charge in [-0.05, 0) is 43.4 Å². The van der Waals surface area contributed by atoms with E-state index in [1.807, 2.05) is 12.1 Å². The standard InChI is InChI=1S/C17H28ClNO/c1-6-11-19-15(9-10-17(2,3)4)14-8-7-13(18)12-16(14)20-5/h7-8,12,15,19H,6,9-11H2,1-5H3. The zero-order valence-electron chi connectivity index (χ0n) is 13.4. The van der Waals surface area contributed by atoms with E-state index in [1.165, 1.54) is 12.0 Å². The molecule has 1 rings (SSSR count). The highest BCUT2D eigenvalue weighted by molar-refractivity contribution is 6.30. The van der Waals surface area contributed by atoms with E-state index in [0.29, 0.717) is 11.5 Å². The SMILES string of the molecule is CCCNC(CCC(C)(C)C)c1ccc(Cl)cc1OC. The number of hydrogen-bond acceptors (Lipinski definition) is 2. The van der Waals surface area contributed by atoms with Crippen LogP contribution in [0.25, 0.3) is 0 Å². The van der Waals surface area contributed by atoms with Crippen LogP contribution in [0, 0.1) is 5.41 Å². The third-order valence-corrected chi connectivity index (χ3v) is 3.63. The lowest BCUT2D eigenvalue weighted by molar-refractivity contribution is 0.326. The first-order valence-electron chi connectivity index (χ1n) is 7.44. The molecule has 0 aromatic heterocycles. The number of hydrogen-bond donors (Lipinski definition) is 1. The van der Waals surface area contributed by atoms with Crippen LogP contribution in [0.1, 0.15) is 58.6 Å². The Hall–Kier alpha value is -0.730. The molecule has 0 aliphatic rings. The second-order valence-corrected chi connectivity index (χ2v) is 6.93. The lowest BCUT2D eigenvalue weighted by Gasteiger charge is -2.25. The highest BCUT2D eigenvalue weighted by Crippen LogP contribution is 2.33. The zero-order chi connectivity index (χ0) is 15.2. The summed E-state index contributed by atoms with van der Waals surface area (Å²) in [7, 11) is 1.70. The second-order valence-electron chi connectivity index (χ2n) is 6.49. The van der Waals surface area contributed by atoms with Gasteiger partial charge < -0.3 is 10.1 Å². The lowest BCUT2D eigenvalue weighted by atomic mass is 9.87. The average Bonchev–Trinajstić information content (AvgIpc) is 2.38. The highest BCUT2D eigenvalue weighted by atomic mass is 35.5. The summed E-state index contributed by atoms with van der Waals surface area (Å²) < 4.78 is 5.49. The van der Waals surface area contributed by atoms with Crippen LogP contribution in [-0.2, 0) is 0 Å². The maximum absolute atomic E-state index is 6.05. The first kappa shape index (κ1) is 17.3. The Morgan fingerprint density at radius 1 is 1.30 bits per heavy atom. The van der Waals surface area contributed by atoms with Crippen molar-refractivity contribution >= 4 is 11.6 Å². The number of rotatable bonds is 7. The van der Waals surface area contributed by atoms with E-state index in [9.17, 15) is 0 Å². The molecule has 0 fully saturated rings. The van der Waals surface area contributed by atoms with Gasteiger partial charge in [0.2, 0.25) is 0 Å². The van der Waals surface area contributed by atoms with Crippen molar-refractivity contribution in [2.45, 2.75) is 53.0 Å². The zero-order valence-corrected chi connectivity index (χ0v) is 14.2. The molecule has 0 aliphatic carbocycles. The first-order valence-corrected chi connectivity index (χ1v) is 7.82. The van der Waals surface area contributed by atoms with Crippen molar-refractivity contribution in [1.29, 1.82) is 0 Å². The van der Waals surface area contributed by atoms with E-state index in [-0.39, 0.29) is 0 Å². The van der Waals surface area contributed by atoms with Gasteiger partial charge in [-0.3, -0.25) is 0 Å². The van der Waals surface area contributed by atoms with Crippen LogP contribution in [0.5, 0.6) is 5.75 Å². The van der Waals surface area contributed by atoms with Crippen molar-refractivity contribution < 1.29 is 4.74 Å². The topological polar surface area (TPSA) is 21.3 Å². The summed E-state index contributed by atoms with van der Waals surface area (Å²) in [6.45, 7) is 10.0. The molecule has 3 heteroatoms. The Morgan fingerprint density at radius 2 is 2.00 bits per heavy atom. The summed E-state index contributed by atoms with van der Waals surface area (Å²) in [5.74, 6) is 0.875. The minimum Gasteiger partial charge on any atom is -0.496 e. The molecule has 20 heavy (non-hydrogen) atoms. The molecule has 114 valence electrons. The van der Waals surface area contributed by atoms with Gasteiger partial charge >= 0.3 is 0 Å². The Balaban J connectivity index is 2.91. The van der Waals surface area contributed by atoms with Crippen LogP contribution < -0.4 is 10.1 Å². The summed E-state index contributed by atoms with van der Waals surface area (Å²) in [4.78, 5) is 0. The van der Waals surface area contributed by atoms with Gasteiger partial charge in [0.1, 0.15) is 5.75 Å². The molecule has 2 nitrogen and oxygen atoms in total. The fourth-order valence-corrected chi connectivity index (χ4v) is 2.40. The van der Waals surface area contributed by atoms with Crippen LogP contribution >= 0.6 is 11.6 Å². The van der Waals surface area contributed by atoms with Gasteiger partial charge in [-0.1, -0.05) is 45.4 Å². The van der Waals surface area contributed by atoms with Gasteiger partial charge in [-0.15, -0.1) is 0 Å². The molecule has 1 aromatic rings. The van der Waals surface area contributed by atoms with Crippen molar-refractivity contribution in [3.63, 3.8) is 0 Å². The summed E-state index contributed by atoms with van der Waals surface area (Å²) >= 11 is 6.05. The van der Waals surface area contributed by atoms with E-state index in [0.717, 1.165) is 30.2 Å². The summed E-state index contributed by atoms with van der Waals surface area (Å²) in [5.41, 5.74) is 1.54. The number of methoxy groups -OCH3 is 1. The van der Waals surface area contributed by atoms with Gasteiger partial charge in [0, 0.05) is 16.6 Å². The average molecular weight is 298 g/mol. The minimum absolute atomic E-state index is 0.321. The van der Waals surface area contributed by atoms with Crippen LogP contribution in [0.15, 0.2) is 18.2 Å². The molecule has 1 unspecified atom stereocenters. The fraction of sp³-hybridized carbons (Fsp3) is 0.647. The summed E-state index contributed by atoms with van der Waals surface area (Å²) in [6, 6.07) is 6.24. The molecule has 1 N–H and O–H groups in total. The predicted molar refractivity (Wildman–Crippen MR) is 87.7 cm³/mol. The molecule has 0 heterocycles. The maximum Gasteiger partial charge on any atom is 0.125 e. The molecule has 0 saturated carbocycles. The third-order valence-electron chi connectivity index (χ3n) is 3.39. The second kappa shape index (κ2) is 7.90. The molecule has 0 spiro atoms. The van der Waals surface area contributed by atoms with E-state index in [4.69, 9.17) is 16.3 Å². The first-order chi connectivity index (χ1) is 9.37. The van der Waals surface area contributed by atoms with Crippen molar-refractivity contribution in [1.82, 2.24) is 5.32 Å². The van der Waals surface area contributed by atoms with Crippen LogP contribution in [0.4, 0.5) is 0 Å². The predicted octanol–water partition coefficient (Wildman–Crippen LogP) is 5.22. The molecule has 0 saturated heterocycles. The molecule has 0 bridgehead atoms. The highest BCUT2D eigenvalue weighted by Gasteiger charge is 2.19. The Kier molecular flexibility index (Phi) is 6.84. The van der Waals surface area contributed by atoms with Crippen LogP contribution in [0.2, 0.25) is 5.02 Å². The van der Waals surface area contributed by atoms with Gasteiger partial charge in [-0.25, -0.2) is 0 Å². The Labute approximate surface area is 128 Å². The van der Waals surface area contributed by atoms with Gasteiger partial charge in [0.25, 0.3) is 0 Å². The largest absolute Gasteiger partial charge is 0.496 e. The Morgan fingerprint density at radius 3 is 2.55 bits per heavy atom. The van der Waals surface area contributed by atoms with E-state index >= 15 is 0 Å². The van der Waals surface area contributed by atoms with E-state index in [2.05, 4.69) is 39.1 Å². The quantitative estimate of drug-likeness (QED) is 0.745. The smallest absolute Gasteiger partial charge is 0.125 e. The van der Waals surface area contributed by atoms with Crippen molar-refractivity contribution in [2.24, 2.45) is 5.41 Å². The maximum atomic E-state index is 6.05. The van der Waals surface area contributed by atoms with Crippen molar-refractivity contribution in [2.75, 3.05) is 13.7 Å². The molecule has 0 amide bonds. The molecular weight excluding hydrogens is 270 g/mol. The van der Waals surface area contributed by atoms with Crippen molar-refractivity contribution in [3.8, 4) is 5.75 Å². The van der Waals surface area contributed by atoms with Crippen LogP contribution in [0.3, 0.4) is 0 Å².